The number of ether oxygens (including phenoxy) is 3. The molecule has 14 heteroatoms. The van der Waals surface area contributed by atoms with Crippen LogP contribution >= 0.6 is 11.8 Å². The van der Waals surface area contributed by atoms with Crippen LogP contribution in [0.3, 0.4) is 0 Å². The summed E-state index contributed by atoms with van der Waals surface area (Å²) < 4.78 is 58.4. The maximum Gasteiger partial charge on any atom is 0.491 e. The van der Waals surface area contributed by atoms with E-state index in [9.17, 15) is 22.8 Å². The van der Waals surface area contributed by atoms with Gasteiger partial charge in [0.15, 0.2) is 11.5 Å². The summed E-state index contributed by atoms with van der Waals surface area (Å²) in [7, 11) is 0. The molecule has 0 fully saturated rings. The third kappa shape index (κ3) is 8.56. The number of amides is 1. The number of hydrogen-bond donors (Lipinski definition) is 3. The Labute approximate surface area is 274 Å². The fourth-order valence-electron chi connectivity index (χ4n) is 4.62. The number of nitrogens with one attached hydrogen (secondary N) is 2. The highest BCUT2D eigenvalue weighted by atomic mass is 32.2. The average molecular weight is 672 g/mol. The molecule has 2 aromatic carbocycles. The van der Waals surface area contributed by atoms with E-state index < -0.39 is 23.8 Å². The Morgan fingerprint density at radius 3 is 2.43 bits per heavy atom. The van der Waals surface area contributed by atoms with Gasteiger partial charge in [0, 0.05) is 39.2 Å². The van der Waals surface area contributed by atoms with Gasteiger partial charge in [-0.3, -0.25) is 9.78 Å². The van der Waals surface area contributed by atoms with Crippen molar-refractivity contribution in [3.8, 4) is 11.5 Å². The number of rotatable bonds is 13. The van der Waals surface area contributed by atoms with Crippen molar-refractivity contribution in [2.45, 2.75) is 69.3 Å². The molecule has 0 spiro atoms. The summed E-state index contributed by atoms with van der Waals surface area (Å²) in [6.07, 6.45) is -2.71. The van der Waals surface area contributed by atoms with Crippen molar-refractivity contribution in [1.29, 1.82) is 0 Å². The van der Waals surface area contributed by atoms with Crippen LogP contribution < -0.4 is 25.8 Å². The number of anilines is 2. The number of alkyl halides is 3. The van der Waals surface area contributed by atoms with E-state index in [1.165, 1.54) is 42.2 Å². The Bertz CT molecular complexity index is 1740. The average Bonchev–Trinajstić information content (AvgIpc) is 3.00. The summed E-state index contributed by atoms with van der Waals surface area (Å²) >= 11 is 1.50. The van der Waals surface area contributed by atoms with E-state index in [0.29, 0.717) is 16.5 Å². The summed E-state index contributed by atoms with van der Waals surface area (Å²) in [4.78, 5) is 36.1. The lowest BCUT2D eigenvalue weighted by molar-refractivity contribution is -0.213. The second kappa shape index (κ2) is 14.8. The van der Waals surface area contributed by atoms with Gasteiger partial charge >= 0.3 is 12.1 Å². The second-order valence-corrected chi connectivity index (χ2v) is 12.5. The van der Waals surface area contributed by atoms with Crippen molar-refractivity contribution in [3.05, 3.63) is 78.2 Å². The van der Waals surface area contributed by atoms with E-state index in [-0.39, 0.29) is 53.1 Å². The maximum absolute atomic E-state index is 14.3. The number of aromatic nitrogens is 2. The minimum absolute atomic E-state index is 0.124. The summed E-state index contributed by atoms with van der Waals surface area (Å²) in [5, 5.41) is 6.77. The molecule has 4 N–H and O–H groups in total. The molecule has 250 valence electrons. The number of carbonyl (C=O) groups excluding carboxylic acids is 2. The number of halogens is 3. The molecule has 10 nitrogen and oxygen atoms in total. The Hall–Kier alpha value is -4.72. The SMILES string of the molecule is CCOc1cc(C(Nc2ccc3c(N)nccc3c2)(OC(=O)C(F)(F)F)C(=O)NCc2ncccc2SC(C)C)ccc1OC(C)C. The zero-order valence-electron chi connectivity index (χ0n) is 26.5. The van der Waals surface area contributed by atoms with Gasteiger partial charge in [0.05, 0.1) is 24.9 Å². The van der Waals surface area contributed by atoms with Crippen LogP contribution in [0.2, 0.25) is 0 Å². The molecule has 2 aromatic heterocycles. The predicted molar refractivity (Wildman–Crippen MR) is 174 cm³/mol. The van der Waals surface area contributed by atoms with E-state index >= 15 is 0 Å². The van der Waals surface area contributed by atoms with Gasteiger partial charge in [0.25, 0.3) is 11.6 Å². The largest absolute Gasteiger partial charge is 0.491 e. The van der Waals surface area contributed by atoms with Crippen LogP contribution in [0.15, 0.2) is 71.9 Å². The monoisotopic (exact) mass is 671 g/mol. The minimum atomic E-state index is -5.44. The number of pyridine rings is 2. The van der Waals surface area contributed by atoms with E-state index in [1.54, 1.807) is 51.2 Å². The molecular weight excluding hydrogens is 635 g/mol. The molecule has 1 atom stereocenters. The quantitative estimate of drug-likeness (QED) is 0.0812. The van der Waals surface area contributed by atoms with Crippen molar-refractivity contribution in [2.24, 2.45) is 0 Å². The smallest absolute Gasteiger partial charge is 0.490 e. The highest BCUT2D eigenvalue weighted by Gasteiger charge is 2.52. The van der Waals surface area contributed by atoms with Gasteiger partial charge in [-0.25, -0.2) is 9.78 Å². The predicted octanol–water partition coefficient (Wildman–Crippen LogP) is 6.59. The third-order valence-corrected chi connectivity index (χ3v) is 7.65. The molecule has 0 saturated heterocycles. The molecule has 0 saturated carbocycles. The number of nitrogen functional groups attached to an aromatic ring is 1. The Morgan fingerprint density at radius 1 is 0.979 bits per heavy atom. The number of esters is 1. The van der Waals surface area contributed by atoms with Crippen LogP contribution in [0, 0.1) is 0 Å². The molecule has 0 bridgehead atoms. The Morgan fingerprint density at radius 2 is 1.74 bits per heavy atom. The van der Waals surface area contributed by atoms with E-state index in [2.05, 4.69) is 20.6 Å². The van der Waals surface area contributed by atoms with Gasteiger partial charge < -0.3 is 30.6 Å². The normalized spacial score (nSPS) is 12.9. The van der Waals surface area contributed by atoms with Crippen LogP contribution in [0.5, 0.6) is 11.5 Å². The standard InChI is InChI=1S/C33H36F3N5O5S/c1-6-44-27-17-22(9-12-26(27)45-19(2)3)32(46-31(43)33(34,35)36,41-23-10-11-24-21(16-23)13-15-39-29(24)37)30(42)40-18-25-28(47-20(4)5)8-7-14-38-25/h7-17,19-20,41H,6,18H2,1-5H3,(H2,37,39)(H,40,42). The van der Waals surface area contributed by atoms with Gasteiger partial charge in [0.1, 0.15) is 5.82 Å². The van der Waals surface area contributed by atoms with Crippen LogP contribution in [-0.2, 0) is 26.6 Å². The van der Waals surface area contributed by atoms with Crippen LogP contribution in [-0.4, -0.2) is 46.0 Å². The van der Waals surface area contributed by atoms with Crippen LogP contribution in [0.1, 0.15) is 45.9 Å². The topological polar surface area (TPSA) is 138 Å². The Balaban J connectivity index is 1.90. The summed E-state index contributed by atoms with van der Waals surface area (Å²) in [6.45, 7) is 9.25. The zero-order chi connectivity index (χ0) is 34.4. The fourth-order valence-corrected chi connectivity index (χ4v) is 5.55. The van der Waals surface area contributed by atoms with E-state index in [1.807, 2.05) is 19.9 Å². The number of nitrogens with zero attached hydrogens (tertiary/aromatic N) is 2. The lowest BCUT2D eigenvalue weighted by Gasteiger charge is -2.34. The van der Waals surface area contributed by atoms with Gasteiger partial charge in [-0.15, -0.1) is 11.8 Å². The first-order chi connectivity index (χ1) is 22.2. The number of hydrogen-bond acceptors (Lipinski definition) is 10. The summed E-state index contributed by atoms with van der Waals surface area (Å²) in [6, 6.07) is 13.9. The van der Waals surface area contributed by atoms with E-state index in [0.717, 1.165) is 4.90 Å². The summed E-state index contributed by atoms with van der Waals surface area (Å²) in [5.74, 6) is -3.06. The molecule has 4 rings (SSSR count). The first-order valence-electron chi connectivity index (χ1n) is 14.8. The van der Waals surface area contributed by atoms with Gasteiger partial charge in [-0.1, -0.05) is 13.8 Å². The highest BCUT2D eigenvalue weighted by molar-refractivity contribution is 8.00. The number of benzene rings is 2. The number of thioether (sulfide) groups is 1. The number of nitrogens with two attached hydrogens (primary N) is 1. The highest BCUT2D eigenvalue weighted by Crippen LogP contribution is 2.38. The molecule has 0 radical (unpaired) electrons. The van der Waals surface area contributed by atoms with Gasteiger partial charge in [-0.2, -0.15) is 13.2 Å². The molecule has 47 heavy (non-hydrogen) atoms. The lowest BCUT2D eigenvalue weighted by Crippen LogP contribution is -2.54. The molecule has 0 aliphatic heterocycles. The van der Waals surface area contributed by atoms with Crippen molar-refractivity contribution in [1.82, 2.24) is 15.3 Å². The zero-order valence-corrected chi connectivity index (χ0v) is 27.3. The fraction of sp³-hybridized carbons (Fsp3) is 0.333. The van der Waals surface area contributed by atoms with Gasteiger partial charge in [0.2, 0.25) is 0 Å². The molecule has 1 unspecified atom stereocenters. The molecule has 0 aliphatic rings. The first-order valence-corrected chi connectivity index (χ1v) is 15.7. The molecular formula is C33H36F3N5O5S. The Kier molecular flexibility index (Phi) is 11.1. The van der Waals surface area contributed by atoms with Crippen molar-refractivity contribution >= 4 is 45.9 Å². The number of carbonyl (C=O) groups is 2. The van der Waals surface area contributed by atoms with Crippen LogP contribution in [0.25, 0.3) is 10.8 Å². The maximum atomic E-state index is 14.3. The van der Waals surface area contributed by atoms with Crippen LogP contribution in [0.4, 0.5) is 24.7 Å². The lowest BCUT2D eigenvalue weighted by atomic mass is 9.99. The van der Waals surface area contributed by atoms with E-state index in [4.69, 9.17) is 19.9 Å². The molecule has 1 amide bonds. The minimum Gasteiger partial charge on any atom is -0.490 e. The first kappa shape index (κ1) is 35.1. The molecule has 0 aliphatic carbocycles. The summed E-state index contributed by atoms with van der Waals surface area (Å²) in [5.41, 5.74) is 3.68. The molecule has 2 heterocycles. The number of fused-ring (bicyclic) bond motifs is 1. The van der Waals surface area contributed by atoms with Crippen molar-refractivity contribution in [2.75, 3.05) is 17.7 Å². The third-order valence-electron chi connectivity index (χ3n) is 6.55. The van der Waals surface area contributed by atoms with Crippen molar-refractivity contribution in [3.63, 3.8) is 0 Å². The van der Waals surface area contributed by atoms with Crippen molar-refractivity contribution < 1.29 is 37.0 Å². The second-order valence-electron chi connectivity index (χ2n) is 10.9. The molecule has 4 aromatic rings. The van der Waals surface area contributed by atoms with Gasteiger partial charge in [-0.05, 0) is 80.8 Å².